The van der Waals surface area contributed by atoms with Gasteiger partial charge in [-0.25, -0.2) is 17.6 Å². The van der Waals surface area contributed by atoms with E-state index < -0.39 is 0 Å². The van der Waals surface area contributed by atoms with Gasteiger partial charge in [0, 0.05) is 23.2 Å². The van der Waals surface area contributed by atoms with E-state index in [1.807, 2.05) is 0 Å². The molecule has 6 heteroatoms. The van der Waals surface area contributed by atoms with Crippen molar-refractivity contribution in [1.82, 2.24) is 10.6 Å². The van der Waals surface area contributed by atoms with Crippen molar-refractivity contribution < 1.29 is 17.6 Å². The highest BCUT2D eigenvalue weighted by atomic mass is 19.1. The summed E-state index contributed by atoms with van der Waals surface area (Å²) >= 11 is 0. The molecular weight excluding hydrogens is 344 g/mol. The molecule has 2 aromatic rings. The minimum atomic E-state index is -0.370. The third-order valence-electron chi connectivity index (χ3n) is 4.79. The fourth-order valence-corrected chi connectivity index (χ4v) is 3.46. The molecule has 2 heterocycles. The summed E-state index contributed by atoms with van der Waals surface area (Å²) in [7, 11) is 0. The van der Waals surface area contributed by atoms with Crippen LogP contribution in [0.5, 0.6) is 0 Å². The van der Waals surface area contributed by atoms with Crippen LogP contribution in [0, 0.1) is 23.3 Å². The fraction of sp³-hybridized carbons (Fsp3) is 0.400. The molecule has 0 aromatic heterocycles. The Bertz CT molecular complexity index is 675. The molecular formula is C20H22F4N2. The van der Waals surface area contributed by atoms with Crippen LogP contribution in [0.3, 0.4) is 0 Å². The highest BCUT2D eigenvalue weighted by molar-refractivity contribution is 5.23. The average Bonchev–Trinajstić information content (AvgIpc) is 3.33. The zero-order valence-corrected chi connectivity index (χ0v) is 14.4. The molecule has 2 aliphatic heterocycles. The van der Waals surface area contributed by atoms with Crippen LogP contribution >= 0.6 is 0 Å². The summed E-state index contributed by atoms with van der Waals surface area (Å²) in [5, 5.41) is 6.27. The van der Waals surface area contributed by atoms with Crippen LogP contribution in [-0.4, -0.2) is 13.1 Å². The third kappa shape index (κ3) is 4.62. The Morgan fingerprint density at radius 1 is 0.654 bits per heavy atom. The van der Waals surface area contributed by atoms with Crippen molar-refractivity contribution in [2.45, 2.75) is 37.8 Å². The topological polar surface area (TPSA) is 24.1 Å². The molecule has 0 bridgehead atoms. The van der Waals surface area contributed by atoms with E-state index in [4.69, 9.17) is 0 Å². The van der Waals surface area contributed by atoms with E-state index in [-0.39, 0.29) is 35.4 Å². The maximum atomic E-state index is 13.2. The van der Waals surface area contributed by atoms with Crippen LogP contribution < -0.4 is 10.6 Å². The molecule has 140 valence electrons. The molecule has 2 aromatic carbocycles. The number of halogens is 4. The SMILES string of the molecule is Fc1ccc(F)c(C2CCCN2)c1.Fc1ccc(F)c([C@@H]2CCCN2)c1. The van der Waals surface area contributed by atoms with Gasteiger partial charge in [0.15, 0.2) is 0 Å². The Kier molecular flexibility index (Phi) is 6.27. The molecule has 2 fully saturated rings. The van der Waals surface area contributed by atoms with Gasteiger partial charge in [0.1, 0.15) is 23.3 Å². The average molecular weight is 366 g/mol. The maximum Gasteiger partial charge on any atom is 0.128 e. The summed E-state index contributed by atoms with van der Waals surface area (Å²) < 4.78 is 52.0. The van der Waals surface area contributed by atoms with Crippen molar-refractivity contribution in [3.63, 3.8) is 0 Å². The molecule has 0 saturated carbocycles. The minimum absolute atomic E-state index is 0.00398. The van der Waals surface area contributed by atoms with Crippen molar-refractivity contribution in [3.05, 3.63) is 70.8 Å². The molecule has 0 spiro atoms. The van der Waals surface area contributed by atoms with Gasteiger partial charge >= 0.3 is 0 Å². The molecule has 1 unspecified atom stereocenters. The Morgan fingerprint density at radius 3 is 1.42 bits per heavy atom. The molecule has 2 aliphatic rings. The van der Waals surface area contributed by atoms with Crippen molar-refractivity contribution in [1.29, 1.82) is 0 Å². The summed E-state index contributed by atoms with van der Waals surface area (Å²) in [5.74, 6) is -1.38. The number of rotatable bonds is 2. The van der Waals surface area contributed by atoms with Gasteiger partial charge in [-0.2, -0.15) is 0 Å². The fourth-order valence-electron chi connectivity index (χ4n) is 3.46. The van der Waals surface area contributed by atoms with E-state index in [0.717, 1.165) is 50.9 Å². The monoisotopic (exact) mass is 366 g/mol. The smallest absolute Gasteiger partial charge is 0.128 e. The molecule has 0 radical (unpaired) electrons. The number of hydrogen-bond acceptors (Lipinski definition) is 2. The summed E-state index contributed by atoms with van der Waals surface area (Å²) in [4.78, 5) is 0. The molecule has 2 nitrogen and oxygen atoms in total. The van der Waals surface area contributed by atoms with Crippen LogP contribution in [0.15, 0.2) is 36.4 Å². The Balaban J connectivity index is 0.000000151. The van der Waals surface area contributed by atoms with Gasteiger partial charge in [0.05, 0.1) is 0 Å². The summed E-state index contributed by atoms with van der Waals surface area (Å²) in [6.45, 7) is 1.78. The van der Waals surface area contributed by atoms with Gasteiger partial charge in [-0.15, -0.1) is 0 Å². The molecule has 26 heavy (non-hydrogen) atoms. The Hall–Kier alpha value is -1.92. The summed E-state index contributed by atoms with van der Waals surface area (Å²) in [6.07, 6.45) is 3.84. The Morgan fingerprint density at radius 2 is 1.08 bits per heavy atom. The van der Waals surface area contributed by atoms with Gasteiger partial charge < -0.3 is 10.6 Å². The van der Waals surface area contributed by atoms with E-state index in [9.17, 15) is 17.6 Å². The van der Waals surface area contributed by atoms with Gasteiger partial charge in [-0.05, 0) is 75.2 Å². The van der Waals surface area contributed by atoms with Crippen LogP contribution in [-0.2, 0) is 0 Å². The molecule has 0 aliphatic carbocycles. The van der Waals surface area contributed by atoms with Gasteiger partial charge in [-0.1, -0.05) is 0 Å². The minimum Gasteiger partial charge on any atom is -0.310 e. The summed E-state index contributed by atoms with van der Waals surface area (Å²) in [6, 6.07) is 7.21. The van der Waals surface area contributed by atoms with E-state index in [1.165, 1.54) is 24.3 Å². The second-order valence-electron chi connectivity index (χ2n) is 6.63. The zero-order valence-electron chi connectivity index (χ0n) is 14.4. The van der Waals surface area contributed by atoms with E-state index >= 15 is 0 Å². The predicted molar refractivity (Wildman–Crippen MR) is 92.7 cm³/mol. The summed E-state index contributed by atoms with van der Waals surface area (Å²) in [5.41, 5.74) is 0.912. The first-order valence-corrected chi connectivity index (χ1v) is 8.91. The highest BCUT2D eigenvalue weighted by Crippen LogP contribution is 2.26. The first kappa shape index (κ1) is 18.9. The van der Waals surface area contributed by atoms with E-state index in [2.05, 4.69) is 10.6 Å². The predicted octanol–water partition coefficient (Wildman–Crippen LogP) is 4.78. The molecule has 2 N–H and O–H groups in total. The number of benzene rings is 2. The number of hydrogen-bond donors (Lipinski definition) is 2. The first-order chi connectivity index (χ1) is 12.5. The lowest BCUT2D eigenvalue weighted by atomic mass is 10.0. The second-order valence-corrected chi connectivity index (χ2v) is 6.63. The van der Waals surface area contributed by atoms with Crippen LogP contribution in [0.1, 0.15) is 48.9 Å². The lowest BCUT2D eigenvalue weighted by molar-refractivity contribution is 0.543. The zero-order chi connectivity index (χ0) is 18.5. The van der Waals surface area contributed by atoms with Gasteiger partial charge in [0.25, 0.3) is 0 Å². The van der Waals surface area contributed by atoms with Gasteiger partial charge in [0.2, 0.25) is 0 Å². The van der Waals surface area contributed by atoms with Crippen molar-refractivity contribution in [2.75, 3.05) is 13.1 Å². The standard InChI is InChI=1S/2C10H11F2N/c2*11-7-3-4-9(12)8(6-7)10-2-1-5-13-10/h2*3-4,6,10,13H,1-2,5H2/t10-;/m0./s1. The molecule has 2 atom stereocenters. The van der Waals surface area contributed by atoms with Gasteiger partial charge in [-0.3, -0.25) is 0 Å². The molecule has 2 saturated heterocycles. The van der Waals surface area contributed by atoms with Crippen molar-refractivity contribution >= 4 is 0 Å². The quantitative estimate of drug-likeness (QED) is 0.748. The third-order valence-corrected chi connectivity index (χ3v) is 4.79. The lowest BCUT2D eigenvalue weighted by Gasteiger charge is -2.11. The van der Waals surface area contributed by atoms with Crippen LogP contribution in [0.25, 0.3) is 0 Å². The number of nitrogens with one attached hydrogen (secondary N) is 2. The molecule has 0 amide bonds. The second kappa shape index (κ2) is 8.64. The maximum absolute atomic E-state index is 13.2. The van der Waals surface area contributed by atoms with Crippen molar-refractivity contribution in [2.24, 2.45) is 0 Å². The first-order valence-electron chi connectivity index (χ1n) is 8.91. The largest absolute Gasteiger partial charge is 0.310 e. The van der Waals surface area contributed by atoms with Crippen LogP contribution in [0.2, 0.25) is 0 Å². The van der Waals surface area contributed by atoms with Crippen LogP contribution in [0.4, 0.5) is 17.6 Å². The van der Waals surface area contributed by atoms with Crippen molar-refractivity contribution in [3.8, 4) is 0 Å². The molecule has 4 rings (SSSR count). The van der Waals surface area contributed by atoms with E-state index in [1.54, 1.807) is 0 Å². The lowest BCUT2D eigenvalue weighted by Crippen LogP contribution is -2.14. The highest BCUT2D eigenvalue weighted by Gasteiger charge is 2.20. The Labute approximate surface area is 150 Å². The van der Waals surface area contributed by atoms with E-state index in [0.29, 0.717) is 11.1 Å². The normalized spacial score (nSPS) is 22.2.